The van der Waals surface area contributed by atoms with Gasteiger partial charge in [-0.1, -0.05) is 0 Å². The van der Waals surface area contributed by atoms with Crippen molar-refractivity contribution in [3.05, 3.63) is 11.1 Å². The van der Waals surface area contributed by atoms with Crippen LogP contribution in [0.25, 0.3) is 0 Å². The monoisotopic (exact) mass is 260 g/mol. The molecular weight excluding hydrogens is 244 g/mol. The van der Waals surface area contributed by atoms with Gasteiger partial charge in [0.05, 0.1) is 19.2 Å². The van der Waals surface area contributed by atoms with Crippen molar-refractivity contribution in [3.63, 3.8) is 0 Å². The van der Waals surface area contributed by atoms with Gasteiger partial charge in [-0.25, -0.2) is 4.98 Å². The zero-order valence-corrected chi connectivity index (χ0v) is 11.4. The maximum absolute atomic E-state index is 11.1. The minimum atomic E-state index is -0.247. The Kier molecular flexibility index (Phi) is 5.62. The lowest BCUT2D eigenvalue weighted by Gasteiger charge is -2.14. The molecule has 0 saturated heterocycles. The van der Waals surface area contributed by atoms with E-state index in [0.29, 0.717) is 0 Å². The molecule has 16 heavy (non-hydrogen) atoms. The van der Waals surface area contributed by atoms with Crippen LogP contribution in [0.1, 0.15) is 5.69 Å². The summed E-state index contributed by atoms with van der Waals surface area (Å²) in [6, 6.07) is 0. The van der Waals surface area contributed by atoms with Crippen LogP contribution in [-0.4, -0.2) is 43.7 Å². The highest BCUT2D eigenvalue weighted by Crippen LogP contribution is 2.19. The zero-order chi connectivity index (χ0) is 12.0. The van der Waals surface area contributed by atoms with Gasteiger partial charge in [0.2, 0.25) is 0 Å². The molecule has 0 N–H and O–H groups in total. The molecule has 0 radical (unpaired) electrons. The van der Waals surface area contributed by atoms with E-state index in [2.05, 4.69) is 20.9 Å². The highest BCUT2D eigenvalue weighted by atomic mass is 32.2. The number of anilines is 1. The summed E-state index contributed by atoms with van der Waals surface area (Å²) in [5.41, 5.74) is 0.780. The topological polar surface area (TPSA) is 42.4 Å². The van der Waals surface area contributed by atoms with Crippen LogP contribution in [-0.2, 0) is 16.0 Å². The fraction of sp³-hybridized carbons (Fsp3) is 0.600. The molecule has 90 valence electrons. The molecule has 0 aliphatic heterocycles. The maximum atomic E-state index is 11.1. The lowest BCUT2D eigenvalue weighted by molar-refractivity contribution is -0.139. The minimum Gasteiger partial charge on any atom is -0.469 e. The first-order valence-corrected chi connectivity index (χ1v) is 7.16. The van der Waals surface area contributed by atoms with Crippen molar-refractivity contribution in [1.29, 1.82) is 0 Å². The molecule has 0 atom stereocenters. The van der Waals surface area contributed by atoms with E-state index < -0.39 is 0 Å². The first kappa shape index (κ1) is 13.3. The molecule has 0 amide bonds. The summed E-state index contributed by atoms with van der Waals surface area (Å²) in [5.74, 6) is 0.825. The van der Waals surface area contributed by atoms with E-state index in [0.717, 1.165) is 23.1 Å². The standard InChI is InChI=1S/C10H16N2O2S2/c1-12(4-5-15-3)10-11-8(7-16-10)6-9(13)14-2/h7H,4-6H2,1-3H3. The van der Waals surface area contributed by atoms with Gasteiger partial charge in [-0.05, 0) is 6.26 Å². The Balaban J connectivity index is 2.53. The molecule has 1 heterocycles. The molecule has 1 rings (SSSR count). The van der Waals surface area contributed by atoms with Crippen LogP contribution in [0.2, 0.25) is 0 Å². The first-order chi connectivity index (χ1) is 7.67. The number of methoxy groups -OCH3 is 1. The van der Waals surface area contributed by atoms with Crippen molar-refractivity contribution < 1.29 is 9.53 Å². The molecule has 1 aromatic rings. The molecule has 0 spiro atoms. The van der Waals surface area contributed by atoms with Gasteiger partial charge < -0.3 is 9.64 Å². The molecule has 0 unspecified atom stereocenters. The average Bonchev–Trinajstić information content (AvgIpc) is 2.74. The summed E-state index contributed by atoms with van der Waals surface area (Å²) in [6.07, 6.45) is 2.34. The van der Waals surface area contributed by atoms with E-state index in [-0.39, 0.29) is 12.4 Å². The van der Waals surface area contributed by atoms with Crippen molar-refractivity contribution in [1.82, 2.24) is 4.98 Å². The van der Waals surface area contributed by atoms with Crippen molar-refractivity contribution in [2.24, 2.45) is 0 Å². The van der Waals surface area contributed by atoms with Gasteiger partial charge >= 0.3 is 5.97 Å². The van der Waals surface area contributed by atoms with Crippen molar-refractivity contribution in [3.8, 4) is 0 Å². The summed E-state index contributed by atoms with van der Waals surface area (Å²) >= 11 is 3.37. The van der Waals surface area contributed by atoms with E-state index in [9.17, 15) is 4.79 Å². The number of carbonyl (C=O) groups excluding carboxylic acids is 1. The first-order valence-electron chi connectivity index (χ1n) is 4.88. The van der Waals surface area contributed by atoms with Gasteiger partial charge in [0.25, 0.3) is 0 Å². The van der Waals surface area contributed by atoms with Gasteiger partial charge in [0.1, 0.15) is 0 Å². The van der Waals surface area contributed by atoms with Crippen LogP contribution < -0.4 is 4.90 Å². The number of aromatic nitrogens is 1. The van der Waals surface area contributed by atoms with E-state index in [1.165, 1.54) is 7.11 Å². The quantitative estimate of drug-likeness (QED) is 0.728. The third kappa shape index (κ3) is 4.02. The number of thiazole rings is 1. The lowest BCUT2D eigenvalue weighted by atomic mass is 10.3. The van der Waals surface area contributed by atoms with Gasteiger partial charge in [-0.15, -0.1) is 11.3 Å². The smallest absolute Gasteiger partial charge is 0.311 e. The normalized spacial score (nSPS) is 10.2. The van der Waals surface area contributed by atoms with Crippen LogP contribution in [0, 0.1) is 0 Å². The average molecular weight is 260 g/mol. The Morgan fingerprint density at radius 1 is 1.69 bits per heavy atom. The predicted molar refractivity (Wildman–Crippen MR) is 69.5 cm³/mol. The number of nitrogens with zero attached hydrogens (tertiary/aromatic N) is 2. The molecule has 6 heteroatoms. The van der Waals surface area contributed by atoms with Crippen LogP contribution in [0.4, 0.5) is 5.13 Å². The van der Waals surface area contributed by atoms with E-state index >= 15 is 0 Å². The summed E-state index contributed by atoms with van der Waals surface area (Å²) < 4.78 is 4.60. The van der Waals surface area contributed by atoms with Crippen molar-refractivity contribution in [2.45, 2.75) is 6.42 Å². The Bertz CT molecular complexity index is 341. The largest absolute Gasteiger partial charge is 0.469 e. The van der Waals surface area contributed by atoms with E-state index in [1.54, 1.807) is 23.1 Å². The lowest BCUT2D eigenvalue weighted by Crippen LogP contribution is -2.20. The Morgan fingerprint density at radius 2 is 2.44 bits per heavy atom. The van der Waals surface area contributed by atoms with Crippen molar-refractivity contribution in [2.75, 3.05) is 37.6 Å². The van der Waals surface area contributed by atoms with Crippen molar-refractivity contribution >= 4 is 34.2 Å². The second-order valence-electron chi connectivity index (χ2n) is 3.29. The third-order valence-electron chi connectivity index (χ3n) is 2.05. The van der Waals surface area contributed by atoms with Crippen LogP contribution in [0.3, 0.4) is 0 Å². The van der Waals surface area contributed by atoms with Crippen LogP contribution in [0.15, 0.2) is 5.38 Å². The number of hydrogen-bond donors (Lipinski definition) is 0. The Morgan fingerprint density at radius 3 is 3.06 bits per heavy atom. The molecule has 0 aliphatic carbocycles. The number of hydrogen-bond acceptors (Lipinski definition) is 6. The summed E-state index contributed by atoms with van der Waals surface area (Å²) in [5, 5.41) is 2.86. The van der Waals surface area contributed by atoms with Crippen LogP contribution in [0.5, 0.6) is 0 Å². The fourth-order valence-corrected chi connectivity index (χ4v) is 2.37. The molecule has 0 fully saturated rings. The molecule has 4 nitrogen and oxygen atoms in total. The van der Waals surface area contributed by atoms with Gasteiger partial charge in [-0.3, -0.25) is 4.79 Å². The molecule has 0 aromatic carbocycles. The van der Waals surface area contributed by atoms with Gasteiger partial charge in [-0.2, -0.15) is 11.8 Å². The number of carbonyl (C=O) groups is 1. The SMILES string of the molecule is COC(=O)Cc1csc(N(C)CCSC)n1. The number of esters is 1. The number of rotatable bonds is 6. The highest BCUT2D eigenvalue weighted by molar-refractivity contribution is 7.98. The summed E-state index contributed by atoms with van der Waals surface area (Å²) in [7, 11) is 3.40. The van der Waals surface area contributed by atoms with Crippen LogP contribution >= 0.6 is 23.1 Å². The van der Waals surface area contributed by atoms with E-state index in [1.807, 2.05) is 12.4 Å². The van der Waals surface area contributed by atoms with Gasteiger partial charge in [0.15, 0.2) is 5.13 Å². The minimum absolute atomic E-state index is 0.247. The summed E-state index contributed by atoms with van der Waals surface area (Å²) in [6.45, 7) is 0.965. The fourth-order valence-electron chi connectivity index (χ4n) is 1.10. The molecule has 0 aliphatic rings. The molecular formula is C10H16N2O2S2. The third-order valence-corrected chi connectivity index (χ3v) is 3.64. The number of thioether (sulfide) groups is 1. The summed E-state index contributed by atoms with van der Waals surface area (Å²) in [4.78, 5) is 17.5. The predicted octanol–water partition coefficient (Wildman–Crippen LogP) is 1.66. The maximum Gasteiger partial charge on any atom is 0.311 e. The zero-order valence-electron chi connectivity index (χ0n) is 9.73. The molecule has 0 saturated carbocycles. The highest BCUT2D eigenvalue weighted by Gasteiger charge is 2.09. The van der Waals surface area contributed by atoms with Gasteiger partial charge in [0, 0.05) is 24.7 Å². The van der Waals surface area contributed by atoms with E-state index in [4.69, 9.17) is 0 Å². The second-order valence-corrected chi connectivity index (χ2v) is 5.11. The Hall–Kier alpha value is -0.750. The Labute approximate surface area is 104 Å². The second kappa shape index (κ2) is 6.75. The molecule has 0 bridgehead atoms. The number of ether oxygens (including phenoxy) is 1. The molecule has 1 aromatic heterocycles.